The van der Waals surface area contributed by atoms with Gasteiger partial charge < -0.3 is 5.32 Å². The highest BCUT2D eigenvalue weighted by Crippen LogP contribution is 2.41. The lowest BCUT2D eigenvalue weighted by Crippen LogP contribution is -2.27. The Morgan fingerprint density at radius 1 is 1.25 bits per heavy atom. The molecule has 3 rings (SSSR count). The molecule has 1 N–H and O–H groups in total. The van der Waals surface area contributed by atoms with Gasteiger partial charge in [-0.2, -0.15) is 4.39 Å². The number of amides is 1. The van der Waals surface area contributed by atoms with E-state index in [9.17, 15) is 9.18 Å². The standard InChI is InChI=1S/C15H12BrFN2O/c16-10-6-4-9(5-7-10)11-8-13(11)19-15(20)12-2-1-3-14(17)18-12/h1-7,11,13H,8H2,(H,19,20)/t11-,13-/m1/s1. The average molecular weight is 335 g/mol. The molecule has 0 aliphatic heterocycles. The van der Waals surface area contributed by atoms with Crippen LogP contribution in [0.1, 0.15) is 28.4 Å². The van der Waals surface area contributed by atoms with Gasteiger partial charge in [-0.15, -0.1) is 0 Å². The number of hydrogen-bond acceptors (Lipinski definition) is 2. The van der Waals surface area contributed by atoms with Crippen molar-refractivity contribution in [3.05, 3.63) is 64.1 Å². The van der Waals surface area contributed by atoms with Crippen molar-refractivity contribution in [2.45, 2.75) is 18.4 Å². The van der Waals surface area contributed by atoms with Crippen LogP contribution in [0.4, 0.5) is 4.39 Å². The van der Waals surface area contributed by atoms with Crippen molar-refractivity contribution >= 4 is 21.8 Å². The van der Waals surface area contributed by atoms with E-state index < -0.39 is 5.95 Å². The minimum absolute atomic E-state index is 0.105. The minimum Gasteiger partial charge on any atom is -0.347 e. The fourth-order valence-electron chi connectivity index (χ4n) is 2.21. The van der Waals surface area contributed by atoms with Gasteiger partial charge in [-0.1, -0.05) is 34.1 Å². The molecule has 1 saturated carbocycles. The van der Waals surface area contributed by atoms with Gasteiger partial charge in [0.2, 0.25) is 5.95 Å². The molecule has 1 aliphatic rings. The fourth-order valence-corrected chi connectivity index (χ4v) is 2.47. The van der Waals surface area contributed by atoms with E-state index >= 15 is 0 Å². The second-order valence-corrected chi connectivity index (χ2v) is 5.73. The van der Waals surface area contributed by atoms with E-state index in [0.717, 1.165) is 10.9 Å². The van der Waals surface area contributed by atoms with Crippen LogP contribution < -0.4 is 5.32 Å². The van der Waals surface area contributed by atoms with Crippen LogP contribution in [0.5, 0.6) is 0 Å². The van der Waals surface area contributed by atoms with Crippen molar-refractivity contribution in [1.29, 1.82) is 0 Å². The normalized spacial score (nSPS) is 20.5. The number of pyridine rings is 1. The Morgan fingerprint density at radius 3 is 2.70 bits per heavy atom. The number of hydrogen-bond donors (Lipinski definition) is 1. The van der Waals surface area contributed by atoms with E-state index in [1.165, 1.54) is 23.8 Å². The maximum atomic E-state index is 13.0. The van der Waals surface area contributed by atoms with E-state index in [0.29, 0.717) is 5.92 Å². The van der Waals surface area contributed by atoms with Crippen LogP contribution in [0.25, 0.3) is 0 Å². The molecule has 0 unspecified atom stereocenters. The zero-order chi connectivity index (χ0) is 14.1. The van der Waals surface area contributed by atoms with Crippen LogP contribution in [0, 0.1) is 5.95 Å². The Balaban J connectivity index is 1.63. The van der Waals surface area contributed by atoms with E-state index in [2.05, 4.69) is 26.2 Å². The van der Waals surface area contributed by atoms with Gasteiger partial charge in [0, 0.05) is 16.4 Å². The average Bonchev–Trinajstić information content (AvgIpc) is 3.19. The fraction of sp³-hybridized carbons (Fsp3) is 0.200. The van der Waals surface area contributed by atoms with E-state index in [-0.39, 0.29) is 17.6 Å². The zero-order valence-electron chi connectivity index (χ0n) is 10.5. The molecule has 0 spiro atoms. The number of nitrogens with one attached hydrogen (secondary N) is 1. The van der Waals surface area contributed by atoms with Crippen LogP contribution in [0.2, 0.25) is 0 Å². The predicted octanol–water partition coefficient (Wildman–Crippen LogP) is 3.27. The molecule has 5 heteroatoms. The Bertz CT molecular complexity index is 645. The lowest BCUT2D eigenvalue weighted by Gasteiger charge is -2.04. The van der Waals surface area contributed by atoms with Crippen LogP contribution in [0.3, 0.4) is 0 Å². The van der Waals surface area contributed by atoms with Crippen molar-refractivity contribution < 1.29 is 9.18 Å². The van der Waals surface area contributed by atoms with Gasteiger partial charge in [-0.05, 0) is 36.2 Å². The largest absolute Gasteiger partial charge is 0.347 e. The molecule has 2 atom stereocenters. The molecule has 20 heavy (non-hydrogen) atoms. The number of carbonyl (C=O) groups excluding carboxylic acids is 1. The molecule has 0 saturated heterocycles. The van der Waals surface area contributed by atoms with Crippen LogP contribution in [0.15, 0.2) is 46.9 Å². The zero-order valence-corrected chi connectivity index (χ0v) is 12.1. The first kappa shape index (κ1) is 13.2. The summed E-state index contributed by atoms with van der Waals surface area (Å²) in [5.74, 6) is -0.632. The molecule has 102 valence electrons. The topological polar surface area (TPSA) is 42.0 Å². The van der Waals surface area contributed by atoms with Crippen molar-refractivity contribution in [3.63, 3.8) is 0 Å². The second-order valence-electron chi connectivity index (χ2n) is 4.82. The Morgan fingerprint density at radius 2 is 2.00 bits per heavy atom. The molecule has 1 aromatic carbocycles. The molecule has 1 fully saturated rings. The summed E-state index contributed by atoms with van der Waals surface area (Å²) >= 11 is 3.39. The monoisotopic (exact) mass is 334 g/mol. The highest BCUT2D eigenvalue weighted by molar-refractivity contribution is 9.10. The van der Waals surface area contributed by atoms with Crippen LogP contribution >= 0.6 is 15.9 Å². The van der Waals surface area contributed by atoms with Crippen molar-refractivity contribution in [2.75, 3.05) is 0 Å². The first-order chi connectivity index (χ1) is 9.63. The Labute approximate surface area is 124 Å². The SMILES string of the molecule is O=C(N[C@@H]1C[C@@H]1c1ccc(Br)cc1)c1cccc(F)n1. The third-order valence-electron chi connectivity index (χ3n) is 3.35. The lowest BCUT2D eigenvalue weighted by atomic mass is 10.1. The van der Waals surface area contributed by atoms with Crippen LogP contribution in [-0.2, 0) is 0 Å². The van der Waals surface area contributed by atoms with Gasteiger partial charge in [0.25, 0.3) is 5.91 Å². The van der Waals surface area contributed by atoms with Crippen molar-refractivity contribution in [2.24, 2.45) is 0 Å². The number of benzene rings is 1. The van der Waals surface area contributed by atoms with Crippen LogP contribution in [-0.4, -0.2) is 16.9 Å². The molecule has 0 radical (unpaired) electrons. The molecule has 1 heterocycles. The number of rotatable bonds is 3. The molecule has 3 nitrogen and oxygen atoms in total. The maximum absolute atomic E-state index is 13.0. The first-order valence-electron chi connectivity index (χ1n) is 6.32. The third kappa shape index (κ3) is 2.88. The third-order valence-corrected chi connectivity index (χ3v) is 3.88. The predicted molar refractivity (Wildman–Crippen MR) is 76.9 cm³/mol. The van der Waals surface area contributed by atoms with E-state index in [1.54, 1.807) is 0 Å². The molecule has 2 aromatic rings. The van der Waals surface area contributed by atoms with E-state index in [1.807, 2.05) is 24.3 Å². The first-order valence-corrected chi connectivity index (χ1v) is 7.11. The van der Waals surface area contributed by atoms with E-state index in [4.69, 9.17) is 0 Å². The highest BCUT2D eigenvalue weighted by Gasteiger charge is 2.39. The summed E-state index contributed by atoms with van der Waals surface area (Å²) in [4.78, 5) is 15.5. The summed E-state index contributed by atoms with van der Waals surface area (Å²) in [6.45, 7) is 0. The molecule has 1 aromatic heterocycles. The number of nitrogens with zero attached hydrogens (tertiary/aromatic N) is 1. The number of carbonyl (C=O) groups is 1. The summed E-state index contributed by atoms with van der Waals surface area (Å²) < 4.78 is 14.0. The molecular weight excluding hydrogens is 323 g/mol. The van der Waals surface area contributed by atoms with Crippen molar-refractivity contribution in [1.82, 2.24) is 10.3 Å². The van der Waals surface area contributed by atoms with Gasteiger partial charge in [-0.25, -0.2) is 4.98 Å². The van der Waals surface area contributed by atoms with Gasteiger partial charge in [0.05, 0.1) is 0 Å². The van der Waals surface area contributed by atoms with Crippen molar-refractivity contribution in [3.8, 4) is 0 Å². The maximum Gasteiger partial charge on any atom is 0.270 e. The number of halogens is 2. The van der Waals surface area contributed by atoms with Gasteiger partial charge in [0.15, 0.2) is 0 Å². The summed E-state index contributed by atoms with van der Waals surface area (Å²) in [6.07, 6.45) is 0.905. The quantitative estimate of drug-likeness (QED) is 0.875. The number of aromatic nitrogens is 1. The summed E-state index contributed by atoms with van der Waals surface area (Å²) in [7, 11) is 0. The second kappa shape index (κ2) is 5.32. The summed E-state index contributed by atoms with van der Waals surface area (Å²) in [6, 6.07) is 12.4. The van der Waals surface area contributed by atoms with Gasteiger partial charge in [-0.3, -0.25) is 4.79 Å². The van der Waals surface area contributed by atoms with Gasteiger partial charge in [0.1, 0.15) is 5.69 Å². The minimum atomic E-state index is -0.641. The smallest absolute Gasteiger partial charge is 0.270 e. The molecule has 0 bridgehead atoms. The van der Waals surface area contributed by atoms with Gasteiger partial charge >= 0.3 is 0 Å². The Hall–Kier alpha value is -1.75. The lowest BCUT2D eigenvalue weighted by molar-refractivity contribution is 0.0944. The highest BCUT2D eigenvalue weighted by atomic mass is 79.9. The summed E-state index contributed by atoms with van der Waals surface area (Å²) in [5, 5.41) is 2.88. The Kier molecular flexibility index (Phi) is 3.53. The molecule has 1 amide bonds. The molecule has 1 aliphatic carbocycles. The molecular formula is C15H12BrFN2O. The summed E-state index contributed by atoms with van der Waals surface area (Å²) in [5.41, 5.74) is 1.32.